The SMILES string of the molecule is CCC(CC)(COCC(CC)(CC)C(=O)O)COP(=O)(O)O. The molecule has 0 aromatic carbocycles. The van der Waals surface area contributed by atoms with Crippen LogP contribution in [0.1, 0.15) is 53.4 Å². The van der Waals surface area contributed by atoms with E-state index < -0.39 is 24.6 Å². The van der Waals surface area contributed by atoms with E-state index in [4.69, 9.17) is 14.5 Å². The van der Waals surface area contributed by atoms with Gasteiger partial charge in [0.15, 0.2) is 0 Å². The molecule has 0 fully saturated rings. The zero-order chi connectivity index (χ0) is 17.4. The normalized spacial score (nSPS) is 13.4. The lowest BCUT2D eigenvalue weighted by Gasteiger charge is -2.33. The molecule has 0 unspecified atom stereocenters. The number of carbonyl (C=O) groups is 1. The molecule has 0 saturated heterocycles. The summed E-state index contributed by atoms with van der Waals surface area (Å²) < 4.78 is 21.1. The van der Waals surface area contributed by atoms with E-state index in [2.05, 4.69) is 4.52 Å². The standard InChI is InChI=1S/C14H29O7P/c1-5-13(6-2,10-21-22(17,18)19)9-20-11-14(7-3,8-4)12(15)16/h5-11H2,1-4H3,(H,15,16)(H2,17,18,19). The van der Waals surface area contributed by atoms with Gasteiger partial charge in [0, 0.05) is 5.41 Å². The van der Waals surface area contributed by atoms with Crippen molar-refractivity contribution in [3.63, 3.8) is 0 Å². The number of phosphoric acid groups is 1. The van der Waals surface area contributed by atoms with Crippen LogP contribution in [0, 0.1) is 10.8 Å². The largest absolute Gasteiger partial charge is 0.481 e. The van der Waals surface area contributed by atoms with Crippen LogP contribution in [0.25, 0.3) is 0 Å². The topological polar surface area (TPSA) is 113 Å². The Bertz CT molecular complexity index is 383. The minimum absolute atomic E-state index is 0.0764. The van der Waals surface area contributed by atoms with Gasteiger partial charge in [0.25, 0.3) is 0 Å². The summed E-state index contributed by atoms with van der Waals surface area (Å²) in [6, 6.07) is 0. The fourth-order valence-electron chi connectivity index (χ4n) is 2.20. The number of aliphatic carboxylic acids is 1. The van der Waals surface area contributed by atoms with Gasteiger partial charge in [0.1, 0.15) is 0 Å². The molecule has 0 radical (unpaired) electrons. The van der Waals surface area contributed by atoms with E-state index in [0.717, 1.165) is 0 Å². The van der Waals surface area contributed by atoms with E-state index in [1.54, 1.807) is 0 Å². The molecule has 3 N–H and O–H groups in total. The van der Waals surface area contributed by atoms with Crippen LogP contribution in [0.3, 0.4) is 0 Å². The van der Waals surface area contributed by atoms with E-state index in [0.29, 0.717) is 25.7 Å². The van der Waals surface area contributed by atoms with Gasteiger partial charge in [-0.15, -0.1) is 0 Å². The zero-order valence-electron chi connectivity index (χ0n) is 13.9. The number of hydrogen-bond acceptors (Lipinski definition) is 4. The predicted molar refractivity (Wildman–Crippen MR) is 82.5 cm³/mol. The second-order valence-electron chi connectivity index (χ2n) is 5.76. The highest BCUT2D eigenvalue weighted by Crippen LogP contribution is 2.40. The first-order valence-corrected chi connectivity index (χ1v) is 9.14. The smallest absolute Gasteiger partial charge is 0.469 e. The van der Waals surface area contributed by atoms with Crippen LogP contribution in [0.2, 0.25) is 0 Å². The summed E-state index contributed by atoms with van der Waals surface area (Å²) in [5.41, 5.74) is -1.45. The van der Waals surface area contributed by atoms with Gasteiger partial charge in [-0.3, -0.25) is 9.32 Å². The Labute approximate surface area is 132 Å². The Hall–Kier alpha value is -0.460. The molecule has 0 bridgehead atoms. The molecule has 0 atom stereocenters. The Kier molecular flexibility index (Phi) is 8.80. The van der Waals surface area contributed by atoms with Crippen molar-refractivity contribution in [3.05, 3.63) is 0 Å². The molecule has 0 aliphatic carbocycles. The number of rotatable bonds is 12. The Morgan fingerprint density at radius 2 is 1.45 bits per heavy atom. The molecule has 8 heteroatoms. The maximum absolute atomic E-state index is 11.4. The zero-order valence-corrected chi connectivity index (χ0v) is 14.8. The van der Waals surface area contributed by atoms with Crippen molar-refractivity contribution in [2.75, 3.05) is 19.8 Å². The summed E-state index contributed by atoms with van der Waals surface area (Å²) in [5, 5.41) is 9.37. The molecule has 7 nitrogen and oxygen atoms in total. The van der Waals surface area contributed by atoms with Gasteiger partial charge in [-0.25, -0.2) is 4.57 Å². The Morgan fingerprint density at radius 1 is 0.955 bits per heavy atom. The molecular weight excluding hydrogens is 311 g/mol. The van der Waals surface area contributed by atoms with Gasteiger partial charge in [-0.05, 0) is 25.7 Å². The van der Waals surface area contributed by atoms with Crippen molar-refractivity contribution in [1.29, 1.82) is 0 Å². The minimum Gasteiger partial charge on any atom is -0.481 e. The molecule has 22 heavy (non-hydrogen) atoms. The fourth-order valence-corrected chi connectivity index (χ4v) is 2.64. The van der Waals surface area contributed by atoms with Gasteiger partial charge in [0.05, 0.1) is 25.2 Å². The molecule has 0 aliphatic heterocycles. The van der Waals surface area contributed by atoms with Crippen molar-refractivity contribution in [2.45, 2.75) is 53.4 Å². The van der Waals surface area contributed by atoms with Crippen LogP contribution in [0.4, 0.5) is 0 Å². The van der Waals surface area contributed by atoms with Crippen molar-refractivity contribution >= 4 is 13.8 Å². The molecule has 0 aromatic rings. The van der Waals surface area contributed by atoms with Gasteiger partial charge >= 0.3 is 13.8 Å². The maximum atomic E-state index is 11.4. The number of ether oxygens (including phenoxy) is 1. The van der Waals surface area contributed by atoms with Crippen LogP contribution in [0.15, 0.2) is 0 Å². The average molecular weight is 340 g/mol. The molecule has 0 amide bonds. The van der Waals surface area contributed by atoms with Crippen LogP contribution >= 0.6 is 7.82 Å². The lowest BCUT2D eigenvalue weighted by Crippen LogP contribution is -2.38. The summed E-state index contributed by atoms with van der Waals surface area (Å²) in [4.78, 5) is 29.1. The monoisotopic (exact) mass is 340 g/mol. The Balaban J connectivity index is 4.77. The lowest BCUT2D eigenvalue weighted by molar-refractivity contribution is -0.155. The maximum Gasteiger partial charge on any atom is 0.469 e. The molecule has 0 rings (SSSR count). The molecular formula is C14H29O7P. The summed E-state index contributed by atoms with van der Waals surface area (Å²) >= 11 is 0. The van der Waals surface area contributed by atoms with E-state index in [1.165, 1.54) is 0 Å². The highest BCUT2D eigenvalue weighted by Gasteiger charge is 2.37. The lowest BCUT2D eigenvalue weighted by atomic mass is 9.82. The van der Waals surface area contributed by atoms with Crippen LogP contribution < -0.4 is 0 Å². The van der Waals surface area contributed by atoms with Crippen LogP contribution in [0.5, 0.6) is 0 Å². The second-order valence-corrected chi connectivity index (χ2v) is 7.00. The average Bonchev–Trinajstić information content (AvgIpc) is 2.46. The molecule has 0 aliphatic rings. The number of carboxylic acids is 1. The highest BCUT2D eigenvalue weighted by atomic mass is 31.2. The molecule has 132 valence electrons. The predicted octanol–water partition coefficient (Wildman–Crippen LogP) is 2.81. The molecule has 0 aromatic heterocycles. The number of phosphoric ester groups is 1. The van der Waals surface area contributed by atoms with E-state index >= 15 is 0 Å². The Morgan fingerprint density at radius 3 is 1.77 bits per heavy atom. The van der Waals surface area contributed by atoms with Gasteiger partial charge in [0.2, 0.25) is 0 Å². The van der Waals surface area contributed by atoms with E-state index in [-0.39, 0.29) is 19.8 Å². The quantitative estimate of drug-likeness (QED) is 0.468. The van der Waals surface area contributed by atoms with E-state index in [1.807, 2.05) is 27.7 Å². The fraction of sp³-hybridized carbons (Fsp3) is 0.929. The van der Waals surface area contributed by atoms with Gasteiger partial charge in [-0.1, -0.05) is 27.7 Å². The van der Waals surface area contributed by atoms with Crippen molar-refractivity contribution in [1.82, 2.24) is 0 Å². The van der Waals surface area contributed by atoms with Crippen molar-refractivity contribution in [3.8, 4) is 0 Å². The van der Waals surface area contributed by atoms with Crippen LogP contribution in [-0.4, -0.2) is 40.7 Å². The summed E-state index contributed by atoms with van der Waals surface area (Å²) in [5.74, 6) is -0.887. The molecule has 0 saturated carbocycles. The first-order chi connectivity index (χ1) is 10.1. The molecule has 0 heterocycles. The third-order valence-corrected chi connectivity index (χ3v) is 5.10. The van der Waals surface area contributed by atoms with E-state index in [9.17, 15) is 14.5 Å². The minimum atomic E-state index is -4.53. The molecule has 0 spiro atoms. The van der Waals surface area contributed by atoms with Crippen molar-refractivity contribution in [2.24, 2.45) is 10.8 Å². The van der Waals surface area contributed by atoms with Gasteiger partial charge < -0.3 is 19.6 Å². The first kappa shape index (κ1) is 21.5. The summed E-state index contributed by atoms with van der Waals surface area (Å²) in [7, 11) is -4.53. The summed E-state index contributed by atoms with van der Waals surface area (Å²) in [6.45, 7) is 7.56. The number of carboxylic acid groups (broad SMARTS) is 1. The second kappa shape index (κ2) is 8.99. The first-order valence-electron chi connectivity index (χ1n) is 7.61. The van der Waals surface area contributed by atoms with Crippen molar-refractivity contribution < 1.29 is 33.5 Å². The van der Waals surface area contributed by atoms with Crippen LogP contribution in [-0.2, 0) is 18.6 Å². The third-order valence-electron chi connectivity index (χ3n) is 4.63. The highest BCUT2D eigenvalue weighted by molar-refractivity contribution is 7.46. The third kappa shape index (κ3) is 6.34. The van der Waals surface area contributed by atoms with Gasteiger partial charge in [-0.2, -0.15) is 0 Å². The summed E-state index contributed by atoms with van der Waals surface area (Å²) in [6.07, 6.45) is 2.15. The number of hydrogen-bond donors (Lipinski definition) is 3.